The van der Waals surface area contributed by atoms with Gasteiger partial charge < -0.3 is 0 Å². The molecule has 4 nitrogen and oxygen atoms in total. The van der Waals surface area contributed by atoms with Gasteiger partial charge in [-0.05, 0) is 11.4 Å². The Labute approximate surface area is 105 Å². The van der Waals surface area contributed by atoms with E-state index >= 15 is 0 Å². The number of rotatable bonds is 5. The summed E-state index contributed by atoms with van der Waals surface area (Å²) < 4.78 is 0. The summed E-state index contributed by atoms with van der Waals surface area (Å²) in [6.07, 6.45) is 0. The highest BCUT2D eigenvalue weighted by Crippen LogP contribution is 2.17. The Morgan fingerprint density at radius 3 is 3.12 bits per heavy atom. The van der Waals surface area contributed by atoms with E-state index in [-0.39, 0.29) is 5.91 Å². The van der Waals surface area contributed by atoms with Crippen molar-refractivity contribution < 1.29 is 4.79 Å². The Morgan fingerprint density at radius 1 is 1.50 bits per heavy atom. The molecule has 0 atom stereocenters. The highest BCUT2D eigenvalue weighted by Gasteiger charge is 2.04. The van der Waals surface area contributed by atoms with Gasteiger partial charge in [-0.15, -0.1) is 33.3 Å². The molecule has 0 radical (unpaired) electrons. The first-order valence-corrected chi connectivity index (χ1v) is 7.42. The molecule has 2 heterocycles. The second kappa shape index (κ2) is 5.97. The summed E-state index contributed by atoms with van der Waals surface area (Å²) in [5.74, 6) is 1.29. The van der Waals surface area contributed by atoms with E-state index in [1.807, 2.05) is 11.4 Å². The average Bonchev–Trinajstić information content (AvgIpc) is 2.90. The number of thiophene rings is 1. The van der Waals surface area contributed by atoms with Gasteiger partial charge in [0, 0.05) is 10.6 Å². The number of thioether (sulfide) groups is 1. The first-order chi connectivity index (χ1) is 7.84. The third kappa shape index (κ3) is 3.58. The van der Waals surface area contributed by atoms with Gasteiger partial charge >= 0.3 is 0 Å². The molecule has 7 heteroatoms. The van der Waals surface area contributed by atoms with Gasteiger partial charge in [0.05, 0.1) is 5.75 Å². The molecule has 0 fully saturated rings. The fourth-order valence-corrected chi connectivity index (χ4v) is 3.15. The number of carbonyl (C=O) groups excluding carboxylic acids is 1. The van der Waals surface area contributed by atoms with Crippen LogP contribution in [0.4, 0.5) is 5.13 Å². The monoisotopic (exact) mass is 271 g/mol. The van der Waals surface area contributed by atoms with Crippen molar-refractivity contribution in [2.45, 2.75) is 5.75 Å². The Hall–Kier alpha value is -0.920. The van der Waals surface area contributed by atoms with Crippen molar-refractivity contribution >= 4 is 45.5 Å². The van der Waals surface area contributed by atoms with E-state index in [0.29, 0.717) is 10.9 Å². The summed E-state index contributed by atoms with van der Waals surface area (Å²) >= 11 is 4.62. The fourth-order valence-electron chi connectivity index (χ4n) is 1.02. The predicted octanol–water partition coefficient (Wildman–Crippen LogP) is 2.47. The van der Waals surface area contributed by atoms with Gasteiger partial charge in [-0.1, -0.05) is 17.4 Å². The molecule has 1 N–H and O–H groups in total. The number of hydrogen-bond donors (Lipinski definition) is 1. The van der Waals surface area contributed by atoms with Gasteiger partial charge in [-0.25, -0.2) is 0 Å². The van der Waals surface area contributed by atoms with Crippen LogP contribution < -0.4 is 5.32 Å². The quantitative estimate of drug-likeness (QED) is 0.907. The van der Waals surface area contributed by atoms with E-state index in [2.05, 4.69) is 21.6 Å². The summed E-state index contributed by atoms with van der Waals surface area (Å²) in [6.45, 7) is 0. The molecule has 0 spiro atoms. The molecule has 0 aliphatic rings. The van der Waals surface area contributed by atoms with Crippen molar-refractivity contribution in [2.75, 3.05) is 11.1 Å². The predicted molar refractivity (Wildman–Crippen MR) is 69.0 cm³/mol. The van der Waals surface area contributed by atoms with E-state index in [1.165, 1.54) is 16.2 Å². The third-order valence-electron chi connectivity index (χ3n) is 1.66. The minimum absolute atomic E-state index is 0.0293. The molecule has 1 amide bonds. The average molecular weight is 271 g/mol. The van der Waals surface area contributed by atoms with Crippen LogP contribution in [0.5, 0.6) is 0 Å². The molecule has 0 aliphatic carbocycles. The Morgan fingerprint density at radius 2 is 2.44 bits per heavy atom. The van der Waals surface area contributed by atoms with E-state index in [1.54, 1.807) is 28.6 Å². The summed E-state index contributed by atoms with van der Waals surface area (Å²) in [4.78, 5) is 12.7. The second-order valence-corrected chi connectivity index (χ2v) is 5.72. The lowest BCUT2D eigenvalue weighted by Crippen LogP contribution is -2.13. The van der Waals surface area contributed by atoms with Crippen LogP contribution in [0.1, 0.15) is 4.88 Å². The van der Waals surface area contributed by atoms with Gasteiger partial charge in [0.25, 0.3) is 0 Å². The van der Waals surface area contributed by atoms with Crippen LogP contribution >= 0.6 is 34.4 Å². The lowest BCUT2D eigenvalue weighted by atomic mass is 10.5. The molecule has 0 aliphatic heterocycles. The third-order valence-corrected chi connectivity index (χ3v) is 4.31. The first-order valence-electron chi connectivity index (χ1n) is 4.51. The number of carbonyl (C=O) groups is 1. The molecule has 2 aromatic heterocycles. The van der Waals surface area contributed by atoms with E-state index in [4.69, 9.17) is 0 Å². The highest BCUT2D eigenvalue weighted by atomic mass is 32.2. The molecule has 2 aromatic rings. The maximum atomic E-state index is 11.4. The van der Waals surface area contributed by atoms with Crippen molar-refractivity contribution in [3.05, 3.63) is 27.9 Å². The fraction of sp³-hybridized carbons (Fsp3) is 0.222. The maximum Gasteiger partial charge on any atom is 0.236 e. The second-order valence-electron chi connectivity index (χ2n) is 2.86. The topological polar surface area (TPSA) is 54.9 Å². The van der Waals surface area contributed by atoms with Crippen LogP contribution in [0.2, 0.25) is 0 Å². The molecule has 0 bridgehead atoms. The molecular weight excluding hydrogens is 262 g/mol. The molecular formula is C9H9N3OS3. The number of anilines is 1. The number of nitrogens with zero attached hydrogens (tertiary/aromatic N) is 2. The van der Waals surface area contributed by atoms with Crippen LogP contribution in [0.3, 0.4) is 0 Å². The number of amides is 1. The molecule has 0 aromatic carbocycles. The molecule has 0 unspecified atom stereocenters. The van der Waals surface area contributed by atoms with Crippen LogP contribution in [0.25, 0.3) is 0 Å². The minimum atomic E-state index is -0.0293. The number of hydrogen-bond acceptors (Lipinski definition) is 6. The van der Waals surface area contributed by atoms with Gasteiger partial charge in [-0.2, -0.15) is 0 Å². The lowest BCUT2D eigenvalue weighted by molar-refractivity contribution is -0.113. The molecule has 84 valence electrons. The molecule has 0 saturated carbocycles. The first kappa shape index (κ1) is 11.6. The van der Waals surface area contributed by atoms with Gasteiger partial charge in [0.15, 0.2) is 0 Å². The lowest BCUT2D eigenvalue weighted by Gasteiger charge is -1.99. The Bertz CT molecular complexity index is 427. The van der Waals surface area contributed by atoms with Gasteiger partial charge in [-0.3, -0.25) is 10.1 Å². The zero-order valence-corrected chi connectivity index (χ0v) is 10.7. The van der Waals surface area contributed by atoms with E-state index < -0.39 is 0 Å². The standard InChI is InChI=1S/C9H9N3OS3/c13-8(11-9-12-10-6-16-9)5-14-4-7-2-1-3-15-7/h1-3,6H,4-5H2,(H,11,12,13). The zero-order valence-electron chi connectivity index (χ0n) is 8.25. The number of nitrogens with one attached hydrogen (secondary N) is 1. The van der Waals surface area contributed by atoms with E-state index in [0.717, 1.165) is 5.75 Å². The van der Waals surface area contributed by atoms with Gasteiger partial charge in [0.2, 0.25) is 11.0 Å². The van der Waals surface area contributed by atoms with Crippen molar-refractivity contribution in [1.29, 1.82) is 0 Å². The number of aromatic nitrogens is 2. The smallest absolute Gasteiger partial charge is 0.236 e. The Balaban J connectivity index is 1.68. The van der Waals surface area contributed by atoms with Crippen molar-refractivity contribution in [3.63, 3.8) is 0 Å². The van der Waals surface area contributed by atoms with Crippen molar-refractivity contribution in [2.24, 2.45) is 0 Å². The van der Waals surface area contributed by atoms with Crippen LogP contribution in [0.15, 0.2) is 23.0 Å². The minimum Gasteiger partial charge on any atom is -0.300 e. The largest absolute Gasteiger partial charge is 0.300 e. The normalized spacial score (nSPS) is 10.2. The van der Waals surface area contributed by atoms with Crippen molar-refractivity contribution in [3.8, 4) is 0 Å². The van der Waals surface area contributed by atoms with Crippen LogP contribution in [-0.4, -0.2) is 21.9 Å². The molecule has 2 rings (SSSR count). The summed E-state index contributed by atoms with van der Waals surface area (Å²) in [5, 5.41) is 12.7. The van der Waals surface area contributed by atoms with Crippen LogP contribution in [0, 0.1) is 0 Å². The summed E-state index contributed by atoms with van der Waals surface area (Å²) in [6, 6.07) is 4.09. The summed E-state index contributed by atoms with van der Waals surface area (Å²) in [5.41, 5.74) is 1.59. The summed E-state index contributed by atoms with van der Waals surface area (Å²) in [7, 11) is 0. The Kier molecular flexibility index (Phi) is 4.32. The zero-order chi connectivity index (χ0) is 11.2. The van der Waals surface area contributed by atoms with Crippen molar-refractivity contribution in [1.82, 2.24) is 10.2 Å². The maximum absolute atomic E-state index is 11.4. The molecule has 16 heavy (non-hydrogen) atoms. The SMILES string of the molecule is O=C(CSCc1cccs1)Nc1nncs1. The highest BCUT2D eigenvalue weighted by molar-refractivity contribution is 7.99. The van der Waals surface area contributed by atoms with Gasteiger partial charge in [0.1, 0.15) is 5.51 Å². The molecule has 0 saturated heterocycles. The van der Waals surface area contributed by atoms with Crippen LogP contribution in [-0.2, 0) is 10.5 Å². The van der Waals surface area contributed by atoms with E-state index in [9.17, 15) is 4.79 Å².